The van der Waals surface area contributed by atoms with Crippen molar-refractivity contribution in [2.24, 2.45) is 5.92 Å². The Kier molecular flexibility index (Phi) is 3.05. The molecule has 2 heterocycles. The summed E-state index contributed by atoms with van der Waals surface area (Å²) in [6.45, 7) is 5.57. The van der Waals surface area contributed by atoms with Gasteiger partial charge in [-0.3, -0.25) is 4.79 Å². The minimum absolute atomic E-state index is 0.593. The quantitative estimate of drug-likeness (QED) is 0.740. The van der Waals surface area contributed by atoms with Crippen LogP contribution in [0.4, 0.5) is 5.13 Å². The maximum absolute atomic E-state index is 10.6. The lowest BCUT2D eigenvalue weighted by Gasteiger charge is -2.26. The minimum atomic E-state index is 0.593. The van der Waals surface area contributed by atoms with Crippen LogP contribution in [0, 0.1) is 5.92 Å². The van der Waals surface area contributed by atoms with Crippen molar-refractivity contribution in [3.8, 4) is 0 Å². The van der Waals surface area contributed by atoms with Gasteiger partial charge < -0.3 is 4.90 Å². The third kappa shape index (κ3) is 2.04. The lowest BCUT2D eigenvalue weighted by molar-refractivity contribution is 0.112. The van der Waals surface area contributed by atoms with E-state index < -0.39 is 0 Å². The molecule has 1 aliphatic rings. The Morgan fingerprint density at radius 2 is 2.47 bits per heavy atom. The first kappa shape index (κ1) is 10.6. The Hall–Kier alpha value is -0.900. The monoisotopic (exact) mass is 224 g/mol. The molecule has 1 aromatic rings. The summed E-state index contributed by atoms with van der Waals surface area (Å²) in [5.74, 6) is 0.649. The third-order valence-electron chi connectivity index (χ3n) is 2.94. The van der Waals surface area contributed by atoms with E-state index in [1.807, 2.05) is 0 Å². The molecule has 15 heavy (non-hydrogen) atoms. The summed E-state index contributed by atoms with van der Waals surface area (Å²) in [5, 5.41) is 1.01. The molecule has 1 aliphatic heterocycles. The largest absolute Gasteiger partial charge is 0.345 e. The molecule has 1 fully saturated rings. The molecule has 0 aliphatic carbocycles. The van der Waals surface area contributed by atoms with Gasteiger partial charge in [-0.05, 0) is 18.8 Å². The minimum Gasteiger partial charge on any atom is -0.345 e. The fourth-order valence-electron chi connectivity index (χ4n) is 2.19. The standard InChI is InChI=1S/C11H16N2OS/c1-8(2)10-4-3-5-13(10)11-12-6-9(7-14)15-11/h6-8,10H,3-5H2,1-2H3. The first-order chi connectivity index (χ1) is 7.22. The molecule has 3 nitrogen and oxygen atoms in total. The Labute approximate surface area is 94.1 Å². The zero-order valence-corrected chi connectivity index (χ0v) is 9.96. The van der Waals surface area contributed by atoms with Crippen molar-refractivity contribution >= 4 is 22.8 Å². The van der Waals surface area contributed by atoms with Crippen LogP contribution >= 0.6 is 11.3 Å². The fourth-order valence-corrected chi connectivity index (χ4v) is 3.00. The van der Waals surface area contributed by atoms with Gasteiger partial charge in [0.1, 0.15) is 0 Å². The van der Waals surface area contributed by atoms with Crippen molar-refractivity contribution in [1.29, 1.82) is 0 Å². The van der Waals surface area contributed by atoms with Gasteiger partial charge in [-0.15, -0.1) is 0 Å². The van der Waals surface area contributed by atoms with Crippen LogP contribution in [0.15, 0.2) is 6.20 Å². The summed E-state index contributed by atoms with van der Waals surface area (Å²) in [4.78, 5) is 18.0. The molecule has 1 aromatic heterocycles. The van der Waals surface area contributed by atoms with Crippen LogP contribution in [0.5, 0.6) is 0 Å². The number of aldehydes is 1. The molecule has 1 saturated heterocycles. The molecule has 1 unspecified atom stereocenters. The van der Waals surface area contributed by atoms with Crippen LogP contribution in [-0.4, -0.2) is 23.9 Å². The maximum Gasteiger partial charge on any atom is 0.186 e. The smallest absolute Gasteiger partial charge is 0.186 e. The van der Waals surface area contributed by atoms with E-state index in [-0.39, 0.29) is 0 Å². The molecule has 0 radical (unpaired) electrons. The van der Waals surface area contributed by atoms with E-state index in [1.54, 1.807) is 6.20 Å². The van der Waals surface area contributed by atoms with Gasteiger partial charge in [0.25, 0.3) is 0 Å². The first-order valence-electron chi connectivity index (χ1n) is 5.40. The topological polar surface area (TPSA) is 33.2 Å². The molecule has 0 aromatic carbocycles. The normalized spacial score (nSPS) is 21.3. The van der Waals surface area contributed by atoms with Crippen LogP contribution in [0.3, 0.4) is 0 Å². The Bertz CT molecular complexity index is 348. The van der Waals surface area contributed by atoms with E-state index in [9.17, 15) is 4.79 Å². The lowest BCUT2D eigenvalue weighted by atomic mass is 10.0. The van der Waals surface area contributed by atoms with Crippen LogP contribution in [0.2, 0.25) is 0 Å². The average molecular weight is 224 g/mol. The molecule has 2 rings (SSSR count). The molecular formula is C11H16N2OS. The summed E-state index contributed by atoms with van der Waals surface area (Å²) in [7, 11) is 0. The van der Waals surface area contributed by atoms with Crippen molar-refractivity contribution in [2.45, 2.75) is 32.7 Å². The van der Waals surface area contributed by atoms with Crippen molar-refractivity contribution < 1.29 is 4.79 Å². The number of hydrogen-bond acceptors (Lipinski definition) is 4. The molecular weight excluding hydrogens is 208 g/mol. The lowest BCUT2D eigenvalue weighted by Crippen LogP contribution is -2.33. The van der Waals surface area contributed by atoms with Gasteiger partial charge in [-0.1, -0.05) is 25.2 Å². The molecule has 82 valence electrons. The fraction of sp³-hybridized carbons (Fsp3) is 0.636. The van der Waals surface area contributed by atoms with Crippen LogP contribution in [-0.2, 0) is 0 Å². The second kappa shape index (κ2) is 4.31. The molecule has 0 amide bonds. The van der Waals surface area contributed by atoms with Gasteiger partial charge in [-0.25, -0.2) is 4.98 Å². The average Bonchev–Trinajstić information content (AvgIpc) is 2.85. The number of aromatic nitrogens is 1. The summed E-state index contributed by atoms with van der Waals surface area (Å²) in [5.41, 5.74) is 0. The van der Waals surface area contributed by atoms with Crippen LogP contribution in [0.25, 0.3) is 0 Å². The van der Waals surface area contributed by atoms with Gasteiger partial charge in [0.15, 0.2) is 11.4 Å². The van der Waals surface area contributed by atoms with Crippen molar-refractivity contribution in [2.75, 3.05) is 11.4 Å². The van der Waals surface area contributed by atoms with E-state index in [1.165, 1.54) is 24.2 Å². The van der Waals surface area contributed by atoms with Crippen LogP contribution < -0.4 is 4.90 Å². The first-order valence-corrected chi connectivity index (χ1v) is 6.21. The van der Waals surface area contributed by atoms with Gasteiger partial charge in [0, 0.05) is 12.6 Å². The Balaban J connectivity index is 2.18. The van der Waals surface area contributed by atoms with E-state index in [0.717, 1.165) is 22.8 Å². The van der Waals surface area contributed by atoms with Crippen LogP contribution in [0.1, 0.15) is 36.4 Å². The number of nitrogens with zero attached hydrogens (tertiary/aromatic N) is 2. The number of anilines is 1. The Morgan fingerprint density at radius 3 is 3.07 bits per heavy atom. The number of hydrogen-bond donors (Lipinski definition) is 0. The predicted molar refractivity (Wildman–Crippen MR) is 62.7 cm³/mol. The molecule has 0 N–H and O–H groups in total. The summed E-state index contributed by atoms with van der Waals surface area (Å²) >= 11 is 1.50. The van der Waals surface area contributed by atoms with Crippen molar-refractivity contribution in [3.05, 3.63) is 11.1 Å². The zero-order valence-electron chi connectivity index (χ0n) is 9.14. The molecule has 0 bridgehead atoms. The highest BCUT2D eigenvalue weighted by atomic mass is 32.1. The van der Waals surface area contributed by atoms with Gasteiger partial charge in [-0.2, -0.15) is 0 Å². The Morgan fingerprint density at radius 1 is 1.67 bits per heavy atom. The van der Waals surface area contributed by atoms with Crippen molar-refractivity contribution in [1.82, 2.24) is 4.98 Å². The predicted octanol–water partition coefficient (Wildman–Crippen LogP) is 2.58. The molecule has 4 heteroatoms. The molecule has 0 spiro atoms. The van der Waals surface area contributed by atoms with Gasteiger partial charge in [0.05, 0.1) is 11.1 Å². The maximum atomic E-state index is 10.6. The number of rotatable bonds is 3. The van der Waals surface area contributed by atoms with E-state index >= 15 is 0 Å². The van der Waals surface area contributed by atoms with E-state index in [2.05, 4.69) is 23.7 Å². The number of carbonyl (C=O) groups is 1. The van der Waals surface area contributed by atoms with Crippen molar-refractivity contribution in [3.63, 3.8) is 0 Å². The number of carbonyl (C=O) groups excluding carboxylic acids is 1. The summed E-state index contributed by atoms with van der Waals surface area (Å²) < 4.78 is 0. The third-order valence-corrected chi connectivity index (χ3v) is 3.90. The summed E-state index contributed by atoms with van der Waals surface area (Å²) in [6, 6.07) is 0.593. The highest BCUT2D eigenvalue weighted by molar-refractivity contribution is 7.17. The second-order valence-corrected chi connectivity index (χ2v) is 5.35. The highest BCUT2D eigenvalue weighted by Crippen LogP contribution is 2.31. The second-order valence-electron chi connectivity index (χ2n) is 4.31. The highest BCUT2D eigenvalue weighted by Gasteiger charge is 2.28. The van der Waals surface area contributed by atoms with E-state index in [4.69, 9.17) is 0 Å². The SMILES string of the molecule is CC(C)C1CCCN1c1ncc(C=O)s1. The van der Waals surface area contributed by atoms with E-state index in [0.29, 0.717) is 12.0 Å². The van der Waals surface area contributed by atoms with Gasteiger partial charge in [0.2, 0.25) is 0 Å². The molecule has 1 atom stereocenters. The molecule has 0 saturated carbocycles. The van der Waals surface area contributed by atoms with Gasteiger partial charge >= 0.3 is 0 Å². The summed E-state index contributed by atoms with van der Waals surface area (Å²) in [6.07, 6.45) is 5.02. The zero-order chi connectivity index (χ0) is 10.8. The number of thiazole rings is 1.